The van der Waals surface area contributed by atoms with Crippen LogP contribution in [0.25, 0.3) is 5.57 Å². The third-order valence-electron chi connectivity index (χ3n) is 10.8. The Morgan fingerprint density at radius 3 is 1.89 bits per heavy atom. The molecule has 0 saturated heterocycles. The van der Waals surface area contributed by atoms with Gasteiger partial charge in [0.25, 0.3) is 0 Å². The van der Waals surface area contributed by atoms with E-state index in [1.54, 1.807) is 0 Å². The van der Waals surface area contributed by atoms with Gasteiger partial charge < -0.3 is 15.5 Å². The Morgan fingerprint density at radius 2 is 1.33 bits per heavy atom. The van der Waals surface area contributed by atoms with Crippen LogP contribution in [0.15, 0.2) is 268 Å². The van der Waals surface area contributed by atoms with Crippen molar-refractivity contribution in [2.24, 2.45) is 5.92 Å². The maximum atomic E-state index is 4.01. The molecular weight excluding hydrogens is 775 g/mol. The molecule has 8 rings (SSSR count). The van der Waals surface area contributed by atoms with Crippen molar-refractivity contribution < 1.29 is 0 Å². The molecule has 0 fully saturated rings. The molecule has 4 aromatic rings. The molecule has 0 amide bonds. The van der Waals surface area contributed by atoms with Crippen molar-refractivity contribution in [1.82, 2.24) is 0 Å². The first-order valence-corrected chi connectivity index (χ1v) is 22.8. The molecule has 326 valence electrons. The minimum atomic E-state index is 0.352. The van der Waals surface area contributed by atoms with Crippen LogP contribution in [-0.4, -0.2) is 6.04 Å². The van der Waals surface area contributed by atoms with E-state index in [1.165, 1.54) is 41.9 Å². The van der Waals surface area contributed by atoms with Crippen LogP contribution < -0.4 is 15.5 Å². The van der Waals surface area contributed by atoms with Crippen LogP contribution in [-0.2, 0) is 6.42 Å². The molecule has 4 aromatic carbocycles. The highest BCUT2D eigenvalue weighted by atomic mass is 15.2. The summed E-state index contributed by atoms with van der Waals surface area (Å²) < 4.78 is 0. The van der Waals surface area contributed by atoms with Crippen molar-refractivity contribution in [3.8, 4) is 0 Å². The van der Waals surface area contributed by atoms with Gasteiger partial charge in [-0.2, -0.15) is 0 Å². The largest absolute Gasteiger partial charge is 0.362 e. The summed E-state index contributed by atoms with van der Waals surface area (Å²) in [5, 5.41) is 6.64. The van der Waals surface area contributed by atoms with E-state index in [2.05, 4.69) is 187 Å². The molecule has 0 spiro atoms. The van der Waals surface area contributed by atoms with Crippen molar-refractivity contribution in [2.45, 2.75) is 63.8 Å². The molecule has 2 N–H and O–H groups in total. The molecule has 4 aliphatic rings. The summed E-state index contributed by atoms with van der Waals surface area (Å²) >= 11 is 0. The highest BCUT2D eigenvalue weighted by Crippen LogP contribution is 2.31. The maximum absolute atomic E-state index is 4.01. The van der Waals surface area contributed by atoms with Crippen molar-refractivity contribution in [3.05, 3.63) is 279 Å². The Balaban J connectivity index is 0.000000196. The molecule has 2 atom stereocenters. The smallest absolute Gasteiger partial charge is 0.0556 e. The molecular formula is C61H67N3. The minimum Gasteiger partial charge on any atom is -0.362 e. The van der Waals surface area contributed by atoms with E-state index < -0.39 is 0 Å². The van der Waals surface area contributed by atoms with Gasteiger partial charge in [0.15, 0.2) is 0 Å². The van der Waals surface area contributed by atoms with Gasteiger partial charge in [-0.1, -0.05) is 183 Å². The number of benzene rings is 4. The zero-order chi connectivity index (χ0) is 44.7. The van der Waals surface area contributed by atoms with Gasteiger partial charge in [0, 0.05) is 34.7 Å². The summed E-state index contributed by atoms with van der Waals surface area (Å²) in [5.41, 5.74) is 9.65. The van der Waals surface area contributed by atoms with E-state index in [4.69, 9.17) is 0 Å². The predicted octanol–water partition coefficient (Wildman–Crippen LogP) is 16.6. The molecule has 0 bridgehead atoms. The molecule has 2 unspecified atom stereocenters. The van der Waals surface area contributed by atoms with Crippen LogP contribution in [0.2, 0.25) is 0 Å². The van der Waals surface area contributed by atoms with Crippen molar-refractivity contribution in [3.63, 3.8) is 0 Å². The Bertz CT molecular complexity index is 2280. The monoisotopic (exact) mass is 842 g/mol. The highest BCUT2D eigenvalue weighted by molar-refractivity contribution is 5.76. The standard InChI is InChI=1S/C30H30N2.C13H16.C12H13N.C6H8/c1-2-25(13-12-24-31-27-14-6-3-7-15-27)26-20-22-30(23-21-26)32(28-16-8-4-9-17-28)29-18-10-5-11-19-29;1-3-8-12(4-2)11-13-9-6-5-7-10-13;1-3-7-11(8-4-1)13-12-9-5-2-6-10-12;1-2-4-6-5-3-1/h2-10,12-16,18,20-24,28,31H,1,11,17,19H2;3-7,9-10,12H,1-2,8,11H2;1,3-5,7-10,13H,2,6H2;1-4H,5-6H2/b24-12+,25-13+;;;. The summed E-state index contributed by atoms with van der Waals surface area (Å²) in [7, 11) is 0. The minimum absolute atomic E-state index is 0.352. The fourth-order valence-corrected chi connectivity index (χ4v) is 7.38. The predicted molar refractivity (Wildman–Crippen MR) is 282 cm³/mol. The lowest BCUT2D eigenvalue weighted by molar-refractivity contribution is 0.661. The Hall–Kier alpha value is -7.10. The fraction of sp³-hybridized carbons (Fsp3) is 0.180. The molecule has 3 nitrogen and oxygen atoms in total. The average Bonchev–Trinajstić information content (AvgIpc) is 3.37. The maximum Gasteiger partial charge on any atom is 0.0556 e. The second-order valence-corrected chi connectivity index (χ2v) is 15.6. The van der Waals surface area contributed by atoms with E-state index in [1.807, 2.05) is 85.1 Å². The topological polar surface area (TPSA) is 27.3 Å². The number of allylic oxidation sites excluding steroid dienone is 19. The van der Waals surface area contributed by atoms with Gasteiger partial charge in [0.2, 0.25) is 0 Å². The number of para-hydroxylation sites is 2. The van der Waals surface area contributed by atoms with E-state index in [9.17, 15) is 0 Å². The van der Waals surface area contributed by atoms with Crippen LogP contribution in [0, 0.1) is 5.92 Å². The van der Waals surface area contributed by atoms with Gasteiger partial charge >= 0.3 is 0 Å². The van der Waals surface area contributed by atoms with Gasteiger partial charge in [-0.15, -0.1) is 13.2 Å². The van der Waals surface area contributed by atoms with Gasteiger partial charge in [0.1, 0.15) is 0 Å². The van der Waals surface area contributed by atoms with Crippen LogP contribution in [0.5, 0.6) is 0 Å². The van der Waals surface area contributed by atoms with Crippen LogP contribution in [0.3, 0.4) is 0 Å². The number of hydrogen-bond donors (Lipinski definition) is 2. The number of nitrogens with one attached hydrogen (secondary N) is 2. The molecule has 0 heterocycles. The molecule has 4 aliphatic carbocycles. The third kappa shape index (κ3) is 17.7. The first-order chi connectivity index (χ1) is 31.7. The second-order valence-electron chi connectivity index (χ2n) is 15.6. The molecule has 64 heavy (non-hydrogen) atoms. The third-order valence-corrected chi connectivity index (χ3v) is 10.8. The first kappa shape index (κ1) is 47.9. The molecule has 0 saturated carbocycles. The molecule has 0 aliphatic heterocycles. The van der Waals surface area contributed by atoms with Gasteiger partial charge in [-0.25, -0.2) is 0 Å². The van der Waals surface area contributed by atoms with E-state index in [0.717, 1.165) is 61.0 Å². The summed E-state index contributed by atoms with van der Waals surface area (Å²) in [6, 6.07) is 40.1. The number of nitrogens with zero attached hydrogens (tertiary/aromatic N) is 1. The molecule has 0 aromatic heterocycles. The lowest BCUT2D eigenvalue weighted by Crippen LogP contribution is -2.34. The van der Waals surface area contributed by atoms with E-state index in [-0.39, 0.29) is 0 Å². The fourth-order valence-electron chi connectivity index (χ4n) is 7.38. The summed E-state index contributed by atoms with van der Waals surface area (Å²) in [6.07, 6.45) is 52.6. The SMILES string of the molecule is C1=CC(Nc2ccccc2)=CCC1.C1=CCCC=C1.C=C/C(=C\C=C\Nc1ccccc1)c1ccc(N(C2=CC=CCC2)C2C=CC=CC2)cc1.C=CCC(C=C)Cc1ccccc1. The van der Waals surface area contributed by atoms with E-state index >= 15 is 0 Å². The zero-order valence-electron chi connectivity index (χ0n) is 37.6. The van der Waals surface area contributed by atoms with Crippen LogP contribution in [0.1, 0.15) is 62.5 Å². The van der Waals surface area contributed by atoms with Crippen molar-refractivity contribution in [2.75, 3.05) is 15.5 Å². The molecule has 0 radical (unpaired) electrons. The van der Waals surface area contributed by atoms with Crippen molar-refractivity contribution in [1.29, 1.82) is 0 Å². The Morgan fingerprint density at radius 1 is 0.672 bits per heavy atom. The lowest BCUT2D eigenvalue weighted by atomic mass is 9.96. The Labute approximate surface area is 385 Å². The lowest BCUT2D eigenvalue weighted by Gasteiger charge is -2.35. The summed E-state index contributed by atoms with van der Waals surface area (Å²) in [4.78, 5) is 2.48. The van der Waals surface area contributed by atoms with Crippen LogP contribution >= 0.6 is 0 Å². The Kier molecular flexibility index (Phi) is 21.9. The highest BCUT2D eigenvalue weighted by Gasteiger charge is 2.21. The quantitative estimate of drug-likeness (QED) is 0.0922. The summed E-state index contributed by atoms with van der Waals surface area (Å²) in [6.45, 7) is 11.6. The van der Waals surface area contributed by atoms with Gasteiger partial charge in [0.05, 0.1) is 6.04 Å². The van der Waals surface area contributed by atoms with Crippen molar-refractivity contribution >= 4 is 22.6 Å². The summed E-state index contributed by atoms with van der Waals surface area (Å²) in [5.74, 6) is 0.528. The van der Waals surface area contributed by atoms with Gasteiger partial charge in [-0.3, -0.25) is 0 Å². The number of rotatable bonds is 15. The van der Waals surface area contributed by atoms with Crippen LogP contribution in [0.4, 0.5) is 17.1 Å². The zero-order valence-corrected chi connectivity index (χ0v) is 37.6. The van der Waals surface area contributed by atoms with E-state index in [0.29, 0.717) is 12.0 Å². The average molecular weight is 842 g/mol. The normalized spacial score (nSPS) is 16.2. The second kappa shape index (κ2) is 29.2. The number of anilines is 3. The molecule has 3 heteroatoms. The first-order valence-electron chi connectivity index (χ1n) is 22.8. The number of hydrogen-bond acceptors (Lipinski definition) is 3. The van der Waals surface area contributed by atoms with Gasteiger partial charge in [-0.05, 0) is 135 Å².